The molecule has 0 fully saturated rings. The Hall–Kier alpha value is -3.32. The second-order valence-electron chi connectivity index (χ2n) is 5.70. The molecule has 1 aromatic heterocycles. The van der Waals surface area contributed by atoms with Crippen LogP contribution >= 0.6 is 11.6 Å². The van der Waals surface area contributed by atoms with E-state index in [1.54, 1.807) is 24.3 Å². The predicted molar refractivity (Wildman–Crippen MR) is 104 cm³/mol. The van der Waals surface area contributed by atoms with Gasteiger partial charge in [0.2, 0.25) is 5.76 Å². The van der Waals surface area contributed by atoms with Crippen LogP contribution in [-0.2, 0) is 9.53 Å². The van der Waals surface area contributed by atoms with Crippen molar-refractivity contribution in [3.63, 3.8) is 0 Å². The third kappa shape index (κ3) is 4.69. The number of amides is 1. The van der Waals surface area contributed by atoms with Gasteiger partial charge in [-0.15, -0.1) is 0 Å². The lowest BCUT2D eigenvalue weighted by Gasteiger charge is -2.08. The lowest BCUT2D eigenvalue weighted by molar-refractivity contribution is -0.119. The summed E-state index contributed by atoms with van der Waals surface area (Å²) in [5.74, 6) is -1.07. The quantitative estimate of drug-likeness (QED) is 0.633. The fourth-order valence-electron chi connectivity index (χ4n) is 2.43. The minimum Gasteiger partial charge on any atom is -0.494 e. The van der Waals surface area contributed by atoms with E-state index in [1.165, 1.54) is 18.2 Å². The van der Waals surface area contributed by atoms with Crippen molar-refractivity contribution in [2.45, 2.75) is 6.92 Å². The number of ether oxygens (including phenoxy) is 2. The molecule has 0 atom stereocenters. The number of halogens is 1. The molecule has 0 bridgehead atoms. The van der Waals surface area contributed by atoms with Gasteiger partial charge < -0.3 is 19.2 Å². The number of carbonyl (C=O) groups is 2. The molecule has 1 N–H and O–H groups in total. The number of carbonyl (C=O) groups excluding carboxylic acids is 2. The highest BCUT2D eigenvalue weighted by Gasteiger charge is 2.16. The first kappa shape index (κ1) is 19.4. The lowest BCUT2D eigenvalue weighted by atomic mass is 10.2. The fraction of sp³-hybridized carbons (Fsp3) is 0.150. The lowest BCUT2D eigenvalue weighted by Crippen LogP contribution is -2.21. The Labute approximate surface area is 164 Å². The summed E-state index contributed by atoms with van der Waals surface area (Å²) in [5, 5.41) is 3.21. The highest BCUT2D eigenvalue weighted by atomic mass is 35.5. The van der Waals surface area contributed by atoms with E-state index in [9.17, 15) is 14.4 Å². The summed E-state index contributed by atoms with van der Waals surface area (Å²) < 4.78 is 15.6. The van der Waals surface area contributed by atoms with Crippen molar-refractivity contribution in [2.75, 3.05) is 18.5 Å². The maximum Gasteiger partial charge on any atom is 0.374 e. The Morgan fingerprint density at radius 1 is 1.11 bits per heavy atom. The smallest absolute Gasteiger partial charge is 0.374 e. The predicted octanol–water partition coefficient (Wildman–Crippen LogP) is 3.64. The van der Waals surface area contributed by atoms with E-state index < -0.39 is 23.9 Å². The zero-order valence-corrected chi connectivity index (χ0v) is 15.6. The largest absolute Gasteiger partial charge is 0.494 e. The molecule has 3 rings (SSSR count). The Kier molecular flexibility index (Phi) is 5.96. The van der Waals surface area contributed by atoms with E-state index >= 15 is 0 Å². The average Bonchev–Trinajstić information content (AvgIpc) is 2.68. The first-order chi connectivity index (χ1) is 13.5. The van der Waals surface area contributed by atoms with Crippen LogP contribution in [0.2, 0.25) is 5.02 Å². The molecule has 0 unspecified atom stereocenters. The summed E-state index contributed by atoms with van der Waals surface area (Å²) in [6, 6.07) is 12.2. The van der Waals surface area contributed by atoms with Crippen LogP contribution in [0, 0.1) is 0 Å². The normalized spacial score (nSPS) is 10.5. The highest BCUT2D eigenvalue weighted by Crippen LogP contribution is 2.18. The van der Waals surface area contributed by atoms with Crippen LogP contribution < -0.4 is 15.5 Å². The number of hydrogen-bond donors (Lipinski definition) is 1. The molecular weight excluding hydrogens is 386 g/mol. The van der Waals surface area contributed by atoms with Crippen LogP contribution in [-0.4, -0.2) is 25.1 Å². The van der Waals surface area contributed by atoms with Gasteiger partial charge in [0, 0.05) is 16.8 Å². The SMILES string of the molecule is CCOc1ccc(NC(=O)COC(=O)c2cc(=O)c3cc(Cl)ccc3o2)cc1. The van der Waals surface area contributed by atoms with Gasteiger partial charge in [0.05, 0.1) is 12.0 Å². The van der Waals surface area contributed by atoms with Crippen LogP contribution in [0.4, 0.5) is 5.69 Å². The molecule has 8 heteroatoms. The molecule has 0 spiro atoms. The molecule has 0 aliphatic rings. The van der Waals surface area contributed by atoms with Gasteiger partial charge in [0.1, 0.15) is 11.3 Å². The molecular formula is C20H16ClNO6. The van der Waals surface area contributed by atoms with E-state index in [1.807, 2.05) is 6.92 Å². The van der Waals surface area contributed by atoms with Crippen molar-refractivity contribution in [3.8, 4) is 5.75 Å². The van der Waals surface area contributed by atoms with Crippen molar-refractivity contribution in [1.82, 2.24) is 0 Å². The van der Waals surface area contributed by atoms with Gasteiger partial charge in [-0.2, -0.15) is 0 Å². The molecule has 0 radical (unpaired) electrons. The highest BCUT2D eigenvalue weighted by molar-refractivity contribution is 6.31. The van der Waals surface area contributed by atoms with Gasteiger partial charge in [-0.3, -0.25) is 9.59 Å². The molecule has 144 valence electrons. The van der Waals surface area contributed by atoms with E-state index in [-0.39, 0.29) is 16.7 Å². The summed E-state index contributed by atoms with van der Waals surface area (Å²) >= 11 is 5.84. The molecule has 1 amide bonds. The van der Waals surface area contributed by atoms with Crippen LogP contribution in [0.25, 0.3) is 11.0 Å². The first-order valence-electron chi connectivity index (χ1n) is 8.39. The van der Waals surface area contributed by atoms with Gasteiger partial charge in [-0.05, 0) is 49.4 Å². The van der Waals surface area contributed by atoms with Crippen molar-refractivity contribution in [1.29, 1.82) is 0 Å². The molecule has 2 aromatic carbocycles. The Morgan fingerprint density at radius 2 is 1.86 bits per heavy atom. The van der Waals surface area contributed by atoms with E-state index in [2.05, 4.69) is 5.32 Å². The minimum atomic E-state index is -0.921. The topological polar surface area (TPSA) is 94.8 Å². The number of fused-ring (bicyclic) bond motifs is 1. The number of anilines is 1. The van der Waals surface area contributed by atoms with Crippen LogP contribution in [0.1, 0.15) is 17.5 Å². The van der Waals surface area contributed by atoms with Gasteiger partial charge in [-0.1, -0.05) is 11.6 Å². The Morgan fingerprint density at radius 3 is 2.57 bits per heavy atom. The molecule has 0 aliphatic carbocycles. The second kappa shape index (κ2) is 8.58. The molecule has 7 nitrogen and oxygen atoms in total. The number of hydrogen-bond acceptors (Lipinski definition) is 6. The number of benzene rings is 2. The van der Waals surface area contributed by atoms with Crippen molar-refractivity contribution in [3.05, 3.63) is 69.5 Å². The van der Waals surface area contributed by atoms with E-state index in [0.29, 0.717) is 23.1 Å². The second-order valence-corrected chi connectivity index (χ2v) is 6.13. The third-order valence-electron chi connectivity index (χ3n) is 3.67. The molecule has 0 aliphatic heterocycles. The summed E-state index contributed by atoms with van der Waals surface area (Å²) in [5.41, 5.74) is 0.288. The third-order valence-corrected chi connectivity index (χ3v) is 3.91. The maximum atomic E-state index is 12.1. The van der Waals surface area contributed by atoms with E-state index in [0.717, 1.165) is 6.07 Å². The minimum absolute atomic E-state index is 0.197. The average molecular weight is 402 g/mol. The van der Waals surface area contributed by atoms with Crippen molar-refractivity contribution >= 4 is 40.1 Å². The Balaban J connectivity index is 1.62. The van der Waals surface area contributed by atoms with Crippen molar-refractivity contribution < 1.29 is 23.5 Å². The maximum absolute atomic E-state index is 12.1. The summed E-state index contributed by atoms with van der Waals surface area (Å²) in [7, 11) is 0. The van der Waals surface area contributed by atoms with Gasteiger partial charge in [-0.25, -0.2) is 4.79 Å². The molecule has 0 saturated heterocycles. The van der Waals surface area contributed by atoms with Crippen molar-refractivity contribution in [2.24, 2.45) is 0 Å². The monoisotopic (exact) mass is 401 g/mol. The zero-order chi connectivity index (χ0) is 20.1. The van der Waals surface area contributed by atoms with Gasteiger partial charge in [0.15, 0.2) is 12.0 Å². The molecule has 1 heterocycles. The van der Waals surface area contributed by atoms with Crippen LogP contribution in [0.3, 0.4) is 0 Å². The number of nitrogens with one attached hydrogen (secondary N) is 1. The standard InChI is InChI=1S/C20H16ClNO6/c1-2-26-14-6-4-13(5-7-14)22-19(24)11-27-20(25)18-10-16(23)15-9-12(21)3-8-17(15)28-18/h3-10H,2,11H2,1H3,(H,22,24). The molecule has 3 aromatic rings. The van der Waals surface area contributed by atoms with E-state index in [4.69, 9.17) is 25.5 Å². The fourth-order valence-corrected chi connectivity index (χ4v) is 2.60. The summed E-state index contributed by atoms with van der Waals surface area (Å²) in [6.07, 6.45) is 0. The zero-order valence-electron chi connectivity index (χ0n) is 14.9. The van der Waals surface area contributed by atoms with Gasteiger partial charge in [0.25, 0.3) is 5.91 Å². The number of esters is 1. The molecule has 0 saturated carbocycles. The van der Waals surface area contributed by atoms with Crippen LogP contribution in [0.5, 0.6) is 5.75 Å². The van der Waals surface area contributed by atoms with Gasteiger partial charge >= 0.3 is 5.97 Å². The summed E-state index contributed by atoms with van der Waals surface area (Å²) in [6.45, 7) is 1.88. The van der Waals surface area contributed by atoms with Crippen LogP contribution in [0.15, 0.2) is 57.7 Å². The number of rotatable bonds is 6. The Bertz CT molecular complexity index is 1070. The molecule has 28 heavy (non-hydrogen) atoms. The summed E-state index contributed by atoms with van der Waals surface area (Å²) in [4.78, 5) is 36.1. The first-order valence-corrected chi connectivity index (χ1v) is 8.77.